The molecular weight excluding hydrogens is 306 g/mol. The quantitative estimate of drug-likeness (QED) is 0.648. The molecule has 0 saturated heterocycles. The number of halogens is 1. The van der Waals surface area contributed by atoms with Crippen molar-refractivity contribution in [3.8, 4) is 0 Å². The van der Waals surface area contributed by atoms with Crippen LogP contribution < -0.4 is 5.73 Å². The van der Waals surface area contributed by atoms with Crippen molar-refractivity contribution in [3.63, 3.8) is 0 Å². The number of aromatic carboxylic acids is 1. The van der Waals surface area contributed by atoms with E-state index in [4.69, 9.17) is 10.8 Å². The van der Waals surface area contributed by atoms with Crippen LogP contribution in [0.25, 0.3) is 10.9 Å². The molecule has 0 bridgehead atoms. The maximum absolute atomic E-state index is 10.9. The molecule has 2 aromatic rings. The van der Waals surface area contributed by atoms with Crippen molar-refractivity contribution >= 4 is 44.2 Å². The fraction of sp³-hybridized carbons (Fsp3) is 0. The van der Waals surface area contributed by atoms with Crippen LogP contribution in [0.3, 0.4) is 0 Å². The average Bonchev–Trinajstić information content (AvgIpc) is 2.29. The number of nitrogen functional groups attached to an aromatic ring is 1. The number of non-ortho nitro benzene ring substituents is 1. The molecule has 1 heterocycles. The molecule has 18 heavy (non-hydrogen) atoms. The van der Waals surface area contributed by atoms with E-state index in [0.717, 1.165) is 6.20 Å². The van der Waals surface area contributed by atoms with Crippen molar-refractivity contribution in [1.29, 1.82) is 0 Å². The molecule has 1 aromatic heterocycles. The molecule has 92 valence electrons. The van der Waals surface area contributed by atoms with Gasteiger partial charge in [-0.05, 0) is 15.9 Å². The molecule has 7 nitrogen and oxygen atoms in total. The van der Waals surface area contributed by atoms with Gasteiger partial charge in [0.05, 0.1) is 20.6 Å². The van der Waals surface area contributed by atoms with E-state index in [0.29, 0.717) is 9.99 Å². The van der Waals surface area contributed by atoms with E-state index in [9.17, 15) is 14.9 Å². The summed E-state index contributed by atoms with van der Waals surface area (Å²) in [5.41, 5.74) is 5.65. The van der Waals surface area contributed by atoms with Gasteiger partial charge in [-0.2, -0.15) is 0 Å². The van der Waals surface area contributed by atoms with Crippen LogP contribution in [0.4, 0.5) is 11.4 Å². The minimum atomic E-state index is -1.23. The summed E-state index contributed by atoms with van der Waals surface area (Å²) < 4.78 is 0.385. The van der Waals surface area contributed by atoms with E-state index in [1.807, 2.05) is 0 Å². The first-order valence-electron chi connectivity index (χ1n) is 4.67. The van der Waals surface area contributed by atoms with Gasteiger partial charge in [0.1, 0.15) is 5.56 Å². The predicted octanol–water partition coefficient (Wildman–Crippen LogP) is 2.19. The molecular formula is C10H6BrN3O4. The molecule has 0 aliphatic heterocycles. The number of nitrogens with two attached hydrogens (primary N) is 1. The number of anilines is 1. The zero-order chi connectivity index (χ0) is 13.4. The molecule has 0 unspecified atom stereocenters. The summed E-state index contributed by atoms with van der Waals surface area (Å²) in [6.45, 7) is 0. The van der Waals surface area contributed by atoms with Gasteiger partial charge in [-0.3, -0.25) is 15.1 Å². The summed E-state index contributed by atoms with van der Waals surface area (Å²) in [4.78, 5) is 25.0. The molecule has 8 heteroatoms. The summed E-state index contributed by atoms with van der Waals surface area (Å²) in [6, 6.07) is 2.49. The molecule has 3 N–H and O–H groups in total. The van der Waals surface area contributed by atoms with Gasteiger partial charge in [0.25, 0.3) is 5.69 Å². The first-order valence-corrected chi connectivity index (χ1v) is 5.46. The lowest BCUT2D eigenvalue weighted by molar-refractivity contribution is -0.384. The Bertz CT molecular complexity index is 686. The van der Waals surface area contributed by atoms with Gasteiger partial charge in [-0.25, -0.2) is 4.79 Å². The third-order valence-corrected chi connectivity index (χ3v) is 3.00. The van der Waals surface area contributed by atoms with E-state index >= 15 is 0 Å². The molecule has 0 amide bonds. The lowest BCUT2D eigenvalue weighted by Crippen LogP contribution is -2.04. The Balaban J connectivity index is 2.87. The van der Waals surface area contributed by atoms with Gasteiger partial charge in [-0.1, -0.05) is 0 Å². The first kappa shape index (κ1) is 12.2. The Kier molecular flexibility index (Phi) is 2.87. The van der Waals surface area contributed by atoms with Crippen molar-refractivity contribution in [2.24, 2.45) is 0 Å². The average molecular weight is 312 g/mol. The zero-order valence-electron chi connectivity index (χ0n) is 8.75. The maximum Gasteiger partial charge on any atom is 0.339 e. The highest BCUT2D eigenvalue weighted by molar-refractivity contribution is 9.10. The highest BCUT2D eigenvalue weighted by Crippen LogP contribution is 2.32. The summed E-state index contributed by atoms with van der Waals surface area (Å²) in [7, 11) is 0. The topological polar surface area (TPSA) is 119 Å². The second-order valence-electron chi connectivity index (χ2n) is 3.47. The minimum Gasteiger partial charge on any atom is -0.478 e. The Hall–Kier alpha value is -2.22. The number of nitrogens with zero attached hydrogens (tertiary/aromatic N) is 2. The maximum atomic E-state index is 10.9. The van der Waals surface area contributed by atoms with Crippen LogP contribution >= 0.6 is 15.9 Å². The second-order valence-corrected chi connectivity index (χ2v) is 4.33. The fourth-order valence-corrected chi connectivity index (χ4v) is 2.09. The van der Waals surface area contributed by atoms with Gasteiger partial charge < -0.3 is 10.8 Å². The molecule has 0 fully saturated rings. The third-order valence-electron chi connectivity index (χ3n) is 2.39. The Morgan fingerprint density at radius 3 is 2.72 bits per heavy atom. The summed E-state index contributed by atoms with van der Waals surface area (Å²) in [5.74, 6) is -1.23. The monoisotopic (exact) mass is 311 g/mol. The number of carbonyl (C=O) groups is 1. The van der Waals surface area contributed by atoms with Crippen LogP contribution in [0.1, 0.15) is 10.4 Å². The second kappa shape index (κ2) is 4.22. The van der Waals surface area contributed by atoms with Crippen molar-refractivity contribution in [1.82, 2.24) is 4.98 Å². The van der Waals surface area contributed by atoms with Crippen LogP contribution in [0.2, 0.25) is 0 Å². The number of hydrogen-bond donors (Lipinski definition) is 2. The first-order chi connectivity index (χ1) is 8.41. The number of hydrogen-bond acceptors (Lipinski definition) is 5. The van der Waals surface area contributed by atoms with Crippen LogP contribution in [-0.4, -0.2) is 21.0 Å². The molecule has 1 aromatic carbocycles. The SMILES string of the molecule is Nc1c(C(=O)O)cnc2c(Br)cc([N+](=O)[O-])cc12. The number of rotatable bonds is 2. The number of nitro benzene ring substituents is 1. The standard InChI is InChI=1S/C10H6BrN3O4/c11-7-2-4(14(17)18)1-5-8(12)6(10(15)16)3-13-9(5)7/h1-3H,(H2,12,13)(H,15,16). The minimum absolute atomic E-state index is 0.0445. The van der Waals surface area contributed by atoms with Gasteiger partial charge in [-0.15, -0.1) is 0 Å². The van der Waals surface area contributed by atoms with E-state index < -0.39 is 10.9 Å². The van der Waals surface area contributed by atoms with E-state index in [-0.39, 0.29) is 22.3 Å². The summed E-state index contributed by atoms with van der Waals surface area (Å²) >= 11 is 3.14. The number of fused-ring (bicyclic) bond motifs is 1. The van der Waals surface area contributed by atoms with Gasteiger partial charge in [0, 0.05) is 23.7 Å². The van der Waals surface area contributed by atoms with Gasteiger partial charge in [0.2, 0.25) is 0 Å². The third kappa shape index (κ3) is 1.86. The Morgan fingerprint density at radius 2 is 2.17 bits per heavy atom. The number of pyridine rings is 1. The summed E-state index contributed by atoms with van der Waals surface area (Å²) in [5, 5.41) is 19.9. The smallest absolute Gasteiger partial charge is 0.339 e. The van der Waals surface area contributed by atoms with Crippen LogP contribution in [0, 0.1) is 10.1 Å². The normalized spacial score (nSPS) is 10.5. The fourth-order valence-electron chi connectivity index (χ4n) is 1.54. The van der Waals surface area contributed by atoms with E-state index in [2.05, 4.69) is 20.9 Å². The van der Waals surface area contributed by atoms with Crippen LogP contribution in [0.15, 0.2) is 22.8 Å². The lowest BCUT2D eigenvalue weighted by atomic mass is 10.1. The van der Waals surface area contributed by atoms with Crippen molar-refractivity contribution in [2.45, 2.75) is 0 Å². The number of nitro groups is 1. The molecule has 0 radical (unpaired) electrons. The zero-order valence-corrected chi connectivity index (χ0v) is 10.3. The number of benzene rings is 1. The number of carboxylic acids is 1. The van der Waals surface area contributed by atoms with Gasteiger partial charge >= 0.3 is 5.97 Å². The lowest BCUT2D eigenvalue weighted by Gasteiger charge is -2.06. The van der Waals surface area contributed by atoms with Crippen LogP contribution in [0.5, 0.6) is 0 Å². The van der Waals surface area contributed by atoms with Crippen molar-refractivity contribution in [2.75, 3.05) is 5.73 Å². The molecule has 0 aliphatic carbocycles. The van der Waals surface area contributed by atoms with Crippen molar-refractivity contribution in [3.05, 3.63) is 38.5 Å². The highest BCUT2D eigenvalue weighted by Gasteiger charge is 2.17. The van der Waals surface area contributed by atoms with Crippen molar-refractivity contribution < 1.29 is 14.8 Å². The molecule has 0 spiro atoms. The number of carboxylic acid groups (broad SMARTS) is 1. The summed E-state index contributed by atoms with van der Waals surface area (Å²) in [6.07, 6.45) is 1.12. The molecule has 0 atom stereocenters. The molecule has 2 rings (SSSR count). The highest BCUT2D eigenvalue weighted by atomic mass is 79.9. The Labute approximate surface area is 109 Å². The Morgan fingerprint density at radius 1 is 1.50 bits per heavy atom. The molecule has 0 saturated carbocycles. The van der Waals surface area contributed by atoms with Crippen LogP contribution in [-0.2, 0) is 0 Å². The van der Waals surface area contributed by atoms with Gasteiger partial charge in [0.15, 0.2) is 0 Å². The predicted molar refractivity (Wildman–Crippen MR) is 67.5 cm³/mol. The van der Waals surface area contributed by atoms with E-state index in [1.165, 1.54) is 12.1 Å². The molecule has 0 aliphatic rings. The van der Waals surface area contributed by atoms with E-state index in [1.54, 1.807) is 0 Å². The number of aromatic nitrogens is 1. The largest absolute Gasteiger partial charge is 0.478 e.